The number of imidazole rings is 1. The lowest BCUT2D eigenvalue weighted by molar-refractivity contribution is 0.0956. The van der Waals surface area contributed by atoms with Gasteiger partial charge in [0, 0.05) is 37.3 Å². The third-order valence-corrected chi connectivity index (χ3v) is 4.91. The molecule has 0 aliphatic carbocycles. The van der Waals surface area contributed by atoms with Crippen molar-refractivity contribution in [1.82, 2.24) is 14.5 Å². The minimum Gasteiger partial charge on any atom is -0.331 e. The smallest absolute Gasteiger partial charge is 0.322 e. The summed E-state index contributed by atoms with van der Waals surface area (Å²) in [7, 11) is 0. The van der Waals surface area contributed by atoms with Crippen LogP contribution in [0.5, 0.6) is 0 Å². The molecule has 0 unspecified atom stereocenters. The molecule has 0 fully saturated rings. The first-order valence-corrected chi connectivity index (χ1v) is 9.07. The number of nitrogens with one attached hydrogen (secondary N) is 1. The molecule has 1 aliphatic rings. The van der Waals surface area contributed by atoms with Gasteiger partial charge in [0.25, 0.3) is 0 Å². The minimum absolute atomic E-state index is 0.0759. The molecule has 1 aromatic carbocycles. The summed E-state index contributed by atoms with van der Waals surface area (Å²) in [6.07, 6.45) is 2.83. The molecule has 1 aliphatic heterocycles. The van der Waals surface area contributed by atoms with Crippen molar-refractivity contribution in [2.24, 2.45) is 5.92 Å². The molecular formula is C19H21F3N4O2. The van der Waals surface area contributed by atoms with E-state index in [0.717, 1.165) is 6.42 Å². The number of aromatic nitrogens is 2. The van der Waals surface area contributed by atoms with Crippen molar-refractivity contribution >= 4 is 17.5 Å². The van der Waals surface area contributed by atoms with E-state index in [2.05, 4.69) is 10.3 Å². The number of hydrogen-bond donors (Lipinski definition) is 1. The largest absolute Gasteiger partial charge is 0.331 e. The molecule has 2 aromatic rings. The van der Waals surface area contributed by atoms with Crippen LogP contribution in [0.15, 0.2) is 18.5 Å². The second kappa shape index (κ2) is 8.04. The van der Waals surface area contributed by atoms with E-state index in [1.54, 1.807) is 6.33 Å². The highest BCUT2D eigenvalue weighted by Gasteiger charge is 2.27. The average Bonchev–Trinajstić information content (AvgIpc) is 3.09. The molecule has 2 amide bonds. The monoisotopic (exact) mass is 394 g/mol. The molecule has 2 heterocycles. The molecule has 28 heavy (non-hydrogen) atoms. The lowest BCUT2D eigenvalue weighted by atomic mass is 9.99. The zero-order valence-electron chi connectivity index (χ0n) is 15.6. The molecule has 0 saturated carbocycles. The number of rotatable bonds is 5. The lowest BCUT2D eigenvalue weighted by Gasteiger charge is -2.28. The van der Waals surface area contributed by atoms with Gasteiger partial charge in [0.2, 0.25) is 0 Å². The van der Waals surface area contributed by atoms with Crippen LogP contribution >= 0.6 is 0 Å². The van der Waals surface area contributed by atoms with Gasteiger partial charge in [0.05, 0.1) is 18.6 Å². The number of hydrogen-bond acceptors (Lipinski definition) is 3. The summed E-state index contributed by atoms with van der Waals surface area (Å²) in [4.78, 5) is 30.6. The van der Waals surface area contributed by atoms with Crippen molar-refractivity contribution in [1.29, 1.82) is 0 Å². The average molecular weight is 394 g/mol. The quantitative estimate of drug-likeness (QED) is 0.616. The Bertz CT molecular complexity index is 890. The fraction of sp³-hybridized carbons (Fsp3) is 0.421. The van der Waals surface area contributed by atoms with E-state index in [0.29, 0.717) is 43.0 Å². The number of amides is 2. The van der Waals surface area contributed by atoms with Gasteiger partial charge in [0.1, 0.15) is 5.69 Å². The first-order valence-electron chi connectivity index (χ1n) is 9.07. The van der Waals surface area contributed by atoms with E-state index >= 15 is 0 Å². The number of halogens is 3. The number of benzene rings is 1. The Morgan fingerprint density at radius 2 is 1.89 bits per heavy atom. The molecule has 150 valence electrons. The van der Waals surface area contributed by atoms with E-state index in [4.69, 9.17) is 0 Å². The topological polar surface area (TPSA) is 67.2 Å². The maximum absolute atomic E-state index is 13.3. The standard InChI is InChI=1S/C19H21F3N4O2/c1-3-11(2)6-16(27)18-15-9-25(4-5-26(15)10-23-18)19(28)24-12-7-13(20)17(22)14(21)8-12/h7-8,10-11H,3-6,9H2,1-2H3,(H,24,28)/t11-/m1/s1. The molecule has 9 heteroatoms. The van der Waals surface area contributed by atoms with Crippen LogP contribution in [0.2, 0.25) is 0 Å². The molecule has 1 N–H and O–H groups in total. The van der Waals surface area contributed by atoms with E-state index in [1.165, 1.54) is 4.90 Å². The van der Waals surface area contributed by atoms with Gasteiger partial charge in [-0.1, -0.05) is 20.3 Å². The van der Waals surface area contributed by atoms with Crippen molar-refractivity contribution < 1.29 is 22.8 Å². The molecule has 3 rings (SSSR count). The lowest BCUT2D eigenvalue weighted by Crippen LogP contribution is -2.41. The second-order valence-electron chi connectivity index (χ2n) is 6.98. The van der Waals surface area contributed by atoms with Crippen LogP contribution in [0.4, 0.5) is 23.7 Å². The summed E-state index contributed by atoms with van der Waals surface area (Å²) in [5.74, 6) is -4.21. The van der Waals surface area contributed by atoms with Gasteiger partial charge >= 0.3 is 6.03 Å². The zero-order valence-corrected chi connectivity index (χ0v) is 15.6. The molecule has 6 nitrogen and oxygen atoms in total. The number of nitrogens with zero attached hydrogens (tertiary/aromatic N) is 3. The van der Waals surface area contributed by atoms with Crippen LogP contribution in [0.1, 0.15) is 42.9 Å². The SMILES string of the molecule is CC[C@@H](C)CC(=O)c1ncn2c1CN(C(=O)Nc1cc(F)c(F)c(F)c1)CC2. The Morgan fingerprint density at radius 1 is 1.21 bits per heavy atom. The minimum atomic E-state index is -1.59. The van der Waals surface area contributed by atoms with Gasteiger partial charge in [-0.05, 0) is 5.92 Å². The van der Waals surface area contributed by atoms with Crippen LogP contribution in [-0.4, -0.2) is 32.8 Å². The molecule has 1 aromatic heterocycles. The maximum Gasteiger partial charge on any atom is 0.322 e. The van der Waals surface area contributed by atoms with Crippen LogP contribution in [-0.2, 0) is 13.1 Å². The van der Waals surface area contributed by atoms with Crippen molar-refractivity contribution in [3.63, 3.8) is 0 Å². The molecule has 0 spiro atoms. The van der Waals surface area contributed by atoms with Crippen LogP contribution in [0, 0.1) is 23.4 Å². The Kier molecular flexibility index (Phi) is 5.71. The highest BCUT2D eigenvalue weighted by molar-refractivity contribution is 5.96. The zero-order chi connectivity index (χ0) is 20.4. The van der Waals surface area contributed by atoms with Crippen molar-refractivity contribution in [2.45, 2.75) is 39.8 Å². The molecule has 0 radical (unpaired) electrons. The third kappa shape index (κ3) is 4.02. The van der Waals surface area contributed by atoms with E-state index in [-0.39, 0.29) is 23.9 Å². The first-order chi connectivity index (χ1) is 13.3. The molecule has 1 atom stereocenters. The van der Waals surface area contributed by atoms with E-state index in [1.807, 2.05) is 18.4 Å². The summed E-state index contributed by atoms with van der Waals surface area (Å²) in [5.41, 5.74) is 0.788. The Labute approximate surface area is 160 Å². The van der Waals surface area contributed by atoms with Crippen LogP contribution < -0.4 is 5.32 Å². The summed E-state index contributed by atoms with van der Waals surface area (Å²) >= 11 is 0. The number of Topliss-reactive ketones (excluding diaryl/α,β-unsaturated/α-hetero) is 1. The van der Waals surface area contributed by atoms with Crippen LogP contribution in [0.3, 0.4) is 0 Å². The third-order valence-electron chi connectivity index (χ3n) is 4.91. The number of ketones is 1. The fourth-order valence-corrected chi connectivity index (χ4v) is 3.05. The van der Waals surface area contributed by atoms with Gasteiger partial charge in [0.15, 0.2) is 23.2 Å². The molecule has 0 saturated heterocycles. The summed E-state index contributed by atoms with van der Waals surface area (Å²) in [6, 6.07) is 0.829. The highest BCUT2D eigenvalue weighted by Crippen LogP contribution is 2.22. The Hall–Kier alpha value is -2.84. The van der Waals surface area contributed by atoms with Gasteiger partial charge in [-0.15, -0.1) is 0 Å². The van der Waals surface area contributed by atoms with E-state index < -0.39 is 23.5 Å². The predicted molar refractivity (Wildman–Crippen MR) is 96.4 cm³/mol. The van der Waals surface area contributed by atoms with Gasteiger partial charge in [-0.2, -0.15) is 0 Å². The van der Waals surface area contributed by atoms with Gasteiger partial charge in [-0.3, -0.25) is 4.79 Å². The van der Waals surface area contributed by atoms with Crippen molar-refractivity contribution in [2.75, 3.05) is 11.9 Å². The van der Waals surface area contributed by atoms with Crippen LogP contribution in [0.25, 0.3) is 0 Å². The highest BCUT2D eigenvalue weighted by atomic mass is 19.2. The molecular weight excluding hydrogens is 373 g/mol. The summed E-state index contributed by atoms with van der Waals surface area (Å²) in [6.45, 7) is 4.91. The molecule has 0 bridgehead atoms. The summed E-state index contributed by atoms with van der Waals surface area (Å²) < 4.78 is 41.5. The maximum atomic E-state index is 13.3. The van der Waals surface area contributed by atoms with Gasteiger partial charge < -0.3 is 14.8 Å². The van der Waals surface area contributed by atoms with Gasteiger partial charge in [-0.25, -0.2) is 22.9 Å². The van der Waals surface area contributed by atoms with Crippen molar-refractivity contribution in [3.05, 3.63) is 47.3 Å². The second-order valence-corrected chi connectivity index (χ2v) is 6.98. The van der Waals surface area contributed by atoms with Crippen molar-refractivity contribution in [3.8, 4) is 0 Å². The normalized spacial score (nSPS) is 14.5. The van der Waals surface area contributed by atoms with E-state index in [9.17, 15) is 22.8 Å². The number of carbonyl (C=O) groups excluding carboxylic acids is 2. The number of urea groups is 1. The Balaban J connectivity index is 1.73. The fourth-order valence-electron chi connectivity index (χ4n) is 3.05. The number of anilines is 1. The predicted octanol–water partition coefficient (Wildman–Crippen LogP) is 3.97. The first kappa shape index (κ1) is 19.9. The number of carbonyl (C=O) groups is 2. The summed E-state index contributed by atoms with van der Waals surface area (Å²) in [5, 5.41) is 2.36. The number of fused-ring (bicyclic) bond motifs is 1. The Morgan fingerprint density at radius 3 is 2.54 bits per heavy atom.